The van der Waals surface area contributed by atoms with E-state index < -0.39 is 0 Å². The summed E-state index contributed by atoms with van der Waals surface area (Å²) >= 11 is 0. The molecule has 0 aliphatic heterocycles. The molecule has 2 heterocycles. The van der Waals surface area contributed by atoms with E-state index in [2.05, 4.69) is 15.3 Å². The number of nitrogens with one attached hydrogen (secondary N) is 1. The second kappa shape index (κ2) is 8.27. The van der Waals surface area contributed by atoms with Crippen molar-refractivity contribution < 1.29 is 9.53 Å². The Balaban J connectivity index is 1.94. The molecule has 0 fully saturated rings. The smallest absolute Gasteiger partial charge is 0.254 e. The maximum atomic E-state index is 12.6. The van der Waals surface area contributed by atoms with Crippen molar-refractivity contribution in [2.75, 3.05) is 12.4 Å². The Morgan fingerprint density at radius 1 is 1.19 bits per heavy atom. The lowest BCUT2D eigenvalue weighted by Crippen LogP contribution is -2.30. The topological polar surface area (TPSA) is 86.1 Å². The molecule has 1 N–H and O–H groups in total. The van der Waals surface area contributed by atoms with E-state index in [1.807, 2.05) is 13.0 Å². The summed E-state index contributed by atoms with van der Waals surface area (Å²) in [5.74, 6) is 0.645. The number of para-hydroxylation sites is 2. The highest BCUT2D eigenvalue weighted by Gasteiger charge is 2.15. The van der Waals surface area contributed by atoms with Crippen LogP contribution in [0.25, 0.3) is 11.4 Å². The van der Waals surface area contributed by atoms with Gasteiger partial charge in [-0.1, -0.05) is 19.1 Å². The van der Waals surface area contributed by atoms with Crippen LogP contribution in [0.15, 0.2) is 59.7 Å². The van der Waals surface area contributed by atoms with Crippen molar-refractivity contribution in [3.63, 3.8) is 0 Å². The van der Waals surface area contributed by atoms with Crippen LogP contribution in [0, 0.1) is 0 Å². The molecule has 0 saturated carbocycles. The summed E-state index contributed by atoms with van der Waals surface area (Å²) in [5, 5.41) is 2.78. The van der Waals surface area contributed by atoms with E-state index in [1.54, 1.807) is 42.7 Å². The summed E-state index contributed by atoms with van der Waals surface area (Å²) in [6, 6.07) is 12.1. The van der Waals surface area contributed by atoms with Gasteiger partial charge in [0.25, 0.3) is 5.56 Å². The van der Waals surface area contributed by atoms with Crippen LogP contribution >= 0.6 is 0 Å². The van der Waals surface area contributed by atoms with Gasteiger partial charge in [-0.15, -0.1) is 0 Å². The van der Waals surface area contributed by atoms with Crippen LogP contribution in [0.5, 0.6) is 5.75 Å². The third kappa shape index (κ3) is 4.20. The summed E-state index contributed by atoms with van der Waals surface area (Å²) in [6.07, 6.45) is 3.88. The third-order valence-electron chi connectivity index (χ3n) is 4.04. The minimum atomic E-state index is -0.344. The summed E-state index contributed by atoms with van der Waals surface area (Å²) in [7, 11) is 1.53. The molecule has 0 atom stereocenters. The summed E-state index contributed by atoms with van der Waals surface area (Å²) < 4.78 is 6.60. The van der Waals surface area contributed by atoms with Crippen molar-refractivity contribution in [3.8, 4) is 17.1 Å². The number of pyridine rings is 1. The lowest BCUT2D eigenvalue weighted by atomic mass is 10.2. The quantitative estimate of drug-likeness (QED) is 0.726. The highest BCUT2D eigenvalue weighted by molar-refractivity contribution is 5.92. The molecule has 0 unspecified atom stereocenters. The number of aryl methyl sites for hydroxylation is 1. The molecule has 0 aliphatic carbocycles. The van der Waals surface area contributed by atoms with Crippen LogP contribution in [0.4, 0.5) is 5.69 Å². The average Bonchev–Trinajstić information content (AvgIpc) is 2.70. The van der Waals surface area contributed by atoms with Gasteiger partial charge < -0.3 is 10.1 Å². The lowest BCUT2D eigenvalue weighted by Gasteiger charge is -2.14. The number of rotatable bonds is 6. The van der Waals surface area contributed by atoms with E-state index in [0.717, 1.165) is 5.56 Å². The zero-order valence-corrected chi connectivity index (χ0v) is 15.2. The van der Waals surface area contributed by atoms with Gasteiger partial charge in [-0.25, -0.2) is 4.98 Å². The van der Waals surface area contributed by atoms with E-state index in [9.17, 15) is 9.59 Å². The summed E-state index contributed by atoms with van der Waals surface area (Å²) in [6.45, 7) is 1.77. The van der Waals surface area contributed by atoms with Gasteiger partial charge >= 0.3 is 0 Å². The number of hydrogen-bond acceptors (Lipinski definition) is 5. The first-order chi connectivity index (χ1) is 13.1. The molecule has 0 aliphatic rings. The Morgan fingerprint density at radius 3 is 2.63 bits per heavy atom. The van der Waals surface area contributed by atoms with E-state index in [0.29, 0.717) is 29.4 Å². The first-order valence-corrected chi connectivity index (χ1v) is 8.56. The number of carbonyl (C=O) groups excluding carboxylic acids is 1. The van der Waals surface area contributed by atoms with Crippen molar-refractivity contribution in [1.82, 2.24) is 14.5 Å². The van der Waals surface area contributed by atoms with Crippen LogP contribution in [0.2, 0.25) is 0 Å². The largest absolute Gasteiger partial charge is 0.495 e. The fraction of sp³-hybridized carbons (Fsp3) is 0.200. The zero-order valence-electron chi connectivity index (χ0n) is 15.2. The van der Waals surface area contributed by atoms with Crippen molar-refractivity contribution in [3.05, 3.63) is 70.9 Å². The fourth-order valence-electron chi connectivity index (χ4n) is 2.69. The van der Waals surface area contributed by atoms with E-state index >= 15 is 0 Å². The van der Waals surface area contributed by atoms with Crippen molar-refractivity contribution in [2.24, 2.45) is 0 Å². The van der Waals surface area contributed by atoms with Gasteiger partial charge in [0, 0.05) is 29.7 Å². The molecule has 1 aromatic carbocycles. The number of aromatic nitrogens is 3. The normalized spacial score (nSPS) is 10.4. The van der Waals surface area contributed by atoms with Gasteiger partial charge in [0.15, 0.2) is 0 Å². The van der Waals surface area contributed by atoms with Crippen LogP contribution in [-0.4, -0.2) is 27.6 Å². The Bertz CT molecular complexity index is 1000. The first kappa shape index (κ1) is 18.3. The lowest BCUT2D eigenvalue weighted by molar-refractivity contribution is -0.116. The number of nitrogens with zero attached hydrogens (tertiary/aromatic N) is 3. The molecule has 27 heavy (non-hydrogen) atoms. The minimum absolute atomic E-state index is 0.161. The molecule has 0 spiro atoms. The maximum absolute atomic E-state index is 12.6. The molecule has 0 bridgehead atoms. The standard InChI is InChI=1S/C20H20N4O3/c1-3-15-12-19(26)24(20(22-15)14-8-10-21-11-9-14)13-18(25)23-16-6-4-5-7-17(16)27-2/h4-12H,3,13H2,1-2H3,(H,23,25). The average molecular weight is 364 g/mol. The number of anilines is 1. The van der Waals surface area contributed by atoms with E-state index in [-0.39, 0.29) is 18.0 Å². The van der Waals surface area contributed by atoms with Gasteiger partial charge in [-0.05, 0) is 30.7 Å². The molecule has 1 amide bonds. The Morgan fingerprint density at radius 2 is 1.93 bits per heavy atom. The SMILES string of the molecule is CCc1cc(=O)n(CC(=O)Nc2ccccc2OC)c(-c2ccncc2)n1. The predicted molar refractivity (Wildman–Crippen MR) is 103 cm³/mol. The zero-order chi connectivity index (χ0) is 19.2. The van der Waals surface area contributed by atoms with Crippen molar-refractivity contribution in [2.45, 2.75) is 19.9 Å². The van der Waals surface area contributed by atoms with Crippen LogP contribution in [-0.2, 0) is 17.8 Å². The number of amides is 1. The molecular formula is C20H20N4O3. The number of ether oxygens (including phenoxy) is 1. The summed E-state index contributed by atoms with van der Waals surface area (Å²) in [5.41, 5.74) is 1.67. The Hall–Kier alpha value is -3.48. The monoisotopic (exact) mass is 364 g/mol. The molecular weight excluding hydrogens is 344 g/mol. The molecule has 7 nitrogen and oxygen atoms in total. The van der Waals surface area contributed by atoms with Crippen molar-refractivity contribution >= 4 is 11.6 Å². The second-order valence-corrected chi connectivity index (χ2v) is 5.83. The fourth-order valence-corrected chi connectivity index (χ4v) is 2.69. The molecule has 7 heteroatoms. The molecule has 138 valence electrons. The van der Waals surface area contributed by atoms with Crippen molar-refractivity contribution in [1.29, 1.82) is 0 Å². The maximum Gasteiger partial charge on any atom is 0.254 e. The second-order valence-electron chi connectivity index (χ2n) is 5.83. The molecule has 3 rings (SSSR count). The first-order valence-electron chi connectivity index (χ1n) is 8.56. The molecule has 0 radical (unpaired) electrons. The number of benzene rings is 1. The van der Waals surface area contributed by atoms with Crippen LogP contribution in [0.3, 0.4) is 0 Å². The highest BCUT2D eigenvalue weighted by atomic mass is 16.5. The molecule has 3 aromatic rings. The molecule has 0 saturated heterocycles. The van der Waals surface area contributed by atoms with Gasteiger partial charge in [0.05, 0.1) is 12.8 Å². The third-order valence-corrected chi connectivity index (χ3v) is 4.04. The van der Waals surface area contributed by atoms with Gasteiger partial charge in [0.2, 0.25) is 5.91 Å². The van der Waals surface area contributed by atoms with Gasteiger partial charge in [-0.3, -0.25) is 19.1 Å². The summed E-state index contributed by atoms with van der Waals surface area (Å²) in [4.78, 5) is 33.7. The van der Waals surface area contributed by atoms with Gasteiger partial charge in [0.1, 0.15) is 18.1 Å². The number of carbonyl (C=O) groups is 1. The molecule has 2 aromatic heterocycles. The van der Waals surface area contributed by atoms with Crippen LogP contribution in [0.1, 0.15) is 12.6 Å². The minimum Gasteiger partial charge on any atom is -0.495 e. The Kier molecular flexibility index (Phi) is 5.61. The van der Waals surface area contributed by atoms with Crippen LogP contribution < -0.4 is 15.6 Å². The number of methoxy groups -OCH3 is 1. The van der Waals surface area contributed by atoms with Gasteiger partial charge in [-0.2, -0.15) is 0 Å². The predicted octanol–water partition coefficient (Wildman–Crippen LogP) is 2.52. The highest BCUT2D eigenvalue weighted by Crippen LogP contribution is 2.23. The Labute approximate surface area is 156 Å². The number of hydrogen-bond donors (Lipinski definition) is 1. The van der Waals surface area contributed by atoms with E-state index in [4.69, 9.17) is 4.74 Å². The van der Waals surface area contributed by atoms with E-state index in [1.165, 1.54) is 17.7 Å².